The van der Waals surface area contributed by atoms with Gasteiger partial charge in [0.2, 0.25) is 0 Å². The molecule has 23 heavy (non-hydrogen) atoms. The zero-order valence-electron chi connectivity index (χ0n) is 14.4. The van der Waals surface area contributed by atoms with Crippen LogP contribution < -0.4 is 0 Å². The molecule has 0 aliphatic carbocycles. The highest BCUT2D eigenvalue weighted by atomic mass is 32.2. The van der Waals surface area contributed by atoms with Crippen molar-refractivity contribution < 1.29 is 14.1 Å². The topological polar surface area (TPSA) is 54.4 Å². The molecule has 3 nitrogen and oxygen atoms in total. The number of carbonyl (C=O) groups is 1. The van der Waals surface area contributed by atoms with E-state index in [-0.39, 0.29) is 6.42 Å². The van der Waals surface area contributed by atoms with E-state index >= 15 is 0 Å². The number of rotatable bonds is 13. The molecule has 1 heterocycles. The van der Waals surface area contributed by atoms with E-state index in [4.69, 9.17) is 5.11 Å². The van der Waals surface area contributed by atoms with Gasteiger partial charge < -0.3 is 5.11 Å². The first kappa shape index (κ1) is 20.8. The first-order valence-electron chi connectivity index (χ1n) is 8.93. The Kier molecular flexibility index (Phi) is 11.8. The highest BCUT2D eigenvalue weighted by Crippen LogP contribution is 2.33. The van der Waals surface area contributed by atoms with Crippen LogP contribution in [-0.2, 0) is 15.6 Å². The summed E-state index contributed by atoms with van der Waals surface area (Å²) < 4.78 is 12.2. The summed E-state index contributed by atoms with van der Waals surface area (Å²) in [6.07, 6.45) is 12.0. The summed E-state index contributed by atoms with van der Waals surface area (Å²) in [6, 6.07) is 0. The molecule has 3 atom stereocenters. The molecule has 1 rings (SSSR count). The maximum absolute atomic E-state index is 12.2. The van der Waals surface area contributed by atoms with Crippen molar-refractivity contribution in [1.82, 2.24) is 0 Å². The summed E-state index contributed by atoms with van der Waals surface area (Å²) in [6.45, 7) is 2.20. The fourth-order valence-corrected chi connectivity index (χ4v) is 6.11. The molecule has 0 aromatic carbocycles. The van der Waals surface area contributed by atoms with E-state index in [9.17, 15) is 9.00 Å². The van der Waals surface area contributed by atoms with Crippen LogP contribution in [0.15, 0.2) is 12.2 Å². The van der Waals surface area contributed by atoms with Crippen molar-refractivity contribution in [2.75, 3.05) is 23.0 Å². The molecule has 0 saturated carbocycles. The number of unbranched alkanes of at least 4 members (excludes halogenated alkanes) is 4. The Labute approximate surface area is 148 Å². The van der Waals surface area contributed by atoms with E-state index in [0.29, 0.717) is 11.8 Å². The second-order valence-corrected chi connectivity index (χ2v) is 9.12. The zero-order valence-corrected chi connectivity index (χ0v) is 16.0. The minimum absolute atomic E-state index is 0.253. The number of aliphatic carboxylic acids is 1. The first-order valence-corrected chi connectivity index (χ1v) is 11.6. The van der Waals surface area contributed by atoms with Crippen LogP contribution in [-0.4, -0.2) is 38.3 Å². The van der Waals surface area contributed by atoms with E-state index in [1.165, 1.54) is 25.0 Å². The van der Waals surface area contributed by atoms with Crippen LogP contribution in [0.3, 0.4) is 0 Å². The molecule has 1 saturated heterocycles. The number of hydrogen-bond donors (Lipinski definition) is 1. The van der Waals surface area contributed by atoms with Gasteiger partial charge in [-0.05, 0) is 49.0 Å². The van der Waals surface area contributed by atoms with Gasteiger partial charge in [0.1, 0.15) is 0 Å². The third kappa shape index (κ3) is 10.2. The minimum Gasteiger partial charge on any atom is -0.481 e. The summed E-state index contributed by atoms with van der Waals surface area (Å²) in [5, 5.41) is 8.60. The lowest BCUT2D eigenvalue weighted by Gasteiger charge is -2.16. The molecule has 0 aromatic rings. The lowest BCUT2D eigenvalue weighted by Crippen LogP contribution is -2.20. The third-order valence-electron chi connectivity index (χ3n) is 4.32. The minimum atomic E-state index is -0.716. The van der Waals surface area contributed by atoms with E-state index in [2.05, 4.69) is 19.1 Å². The van der Waals surface area contributed by atoms with Crippen LogP contribution in [0.25, 0.3) is 0 Å². The largest absolute Gasteiger partial charge is 0.481 e. The van der Waals surface area contributed by atoms with Gasteiger partial charge >= 0.3 is 5.97 Å². The van der Waals surface area contributed by atoms with Gasteiger partial charge in [-0.1, -0.05) is 38.3 Å². The molecule has 134 valence electrons. The fourth-order valence-electron chi connectivity index (χ4n) is 2.86. The smallest absolute Gasteiger partial charge is 0.303 e. The Morgan fingerprint density at radius 3 is 2.70 bits per heavy atom. The van der Waals surface area contributed by atoms with E-state index < -0.39 is 16.8 Å². The normalized spacial score (nSPS) is 22.7. The average Bonchev–Trinajstić information content (AvgIpc) is 2.94. The van der Waals surface area contributed by atoms with Crippen molar-refractivity contribution in [2.24, 2.45) is 11.8 Å². The standard InChI is InChI=1S/C18H32O3S2/c1-2-3-4-9-12-23(21)15-17-14-22-13-16(17)10-7-5-6-8-11-18(19)20/h5,7,16-17H,2-4,6,8-15H2,1H3,(H,19,20)/b7-5-/t16-,17-,23?/m1/s1. The fraction of sp³-hybridized carbons (Fsp3) is 0.833. The zero-order chi connectivity index (χ0) is 16.9. The predicted molar refractivity (Wildman–Crippen MR) is 102 cm³/mol. The van der Waals surface area contributed by atoms with Crippen molar-refractivity contribution in [3.63, 3.8) is 0 Å². The molecule has 0 spiro atoms. The summed E-state index contributed by atoms with van der Waals surface area (Å²) >= 11 is 1.99. The first-order chi connectivity index (χ1) is 11.1. The highest BCUT2D eigenvalue weighted by molar-refractivity contribution is 7.99. The molecule has 0 aromatic heterocycles. The maximum atomic E-state index is 12.2. The van der Waals surface area contributed by atoms with Gasteiger partial charge in [0.25, 0.3) is 0 Å². The lowest BCUT2D eigenvalue weighted by molar-refractivity contribution is -0.137. The summed E-state index contributed by atoms with van der Waals surface area (Å²) in [5.41, 5.74) is 0. The molecule has 5 heteroatoms. The van der Waals surface area contributed by atoms with Gasteiger partial charge in [0.05, 0.1) is 0 Å². The Morgan fingerprint density at radius 1 is 1.17 bits per heavy atom. The van der Waals surface area contributed by atoms with E-state index in [1.54, 1.807) is 0 Å². The molecule has 1 unspecified atom stereocenters. The summed E-state index contributed by atoms with van der Waals surface area (Å²) in [5.74, 6) is 4.60. The predicted octanol–water partition coefficient (Wildman–Crippen LogP) is 4.50. The lowest BCUT2D eigenvalue weighted by atomic mass is 9.94. The summed E-state index contributed by atoms with van der Waals surface area (Å²) in [4.78, 5) is 10.4. The van der Waals surface area contributed by atoms with Gasteiger partial charge in [-0.15, -0.1) is 0 Å². The highest BCUT2D eigenvalue weighted by Gasteiger charge is 2.28. The molecule has 0 amide bonds. The quantitative estimate of drug-likeness (QED) is 0.388. The van der Waals surface area contributed by atoms with Crippen LogP contribution in [0.1, 0.15) is 58.3 Å². The van der Waals surface area contributed by atoms with Crippen LogP contribution >= 0.6 is 11.8 Å². The van der Waals surface area contributed by atoms with Crippen LogP contribution in [0, 0.1) is 11.8 Å². The van der Waals surface area contributed by atoms with Gasteiger partial charge in [-0.25, -0.2) is 0 Å². The van der Waals surface area contributed by atoms with Crippen LogP contribution in [0.4, 0.5) is 0 Å². The SMILES string of the molecule is CCCCCCS(=O)C[C@H]1CSC[C@H]1C/C=C\CCCC(=O)O. The number of carboxylic acid groups (broad SMARTS) is 1. The molecule has 1 aliphatic heterocycles. The Balaban J connectivity index is 2.18. The van der Waals surface area contributed by atoms with Gasteiger partial charge in [-0.3, -0.25) is 9.00 Å². The van der Waals surface area contributed by atoms with Gasteiger partial charge in [-0.2, -0.15) is 11.8 Å². The molecule has 1 fully saturated rings. The van der Waals surface area contributed by atoms with Crippen molar-refractivity contribution in [1.29, 1.82) is 0 Å². The Morgan fingerprint density at radius 2 is 1.96 bits per heavy atom. The Hall–Kier alpha value is -0.290. The third-order valence-corrected chi connectivity index (χ3v) is 7.19. The number of allylic oxidation sites excluding steroid dienone is 2. The van der Waals surface area contributed by atoms with Gasteiger partial charge in [0.15, 0.2) is 0 Å². The molecule has 0 radical (unpaired) electrons. The van der Waals surface area contributed by atoms with Crippen molar-refractivity contribution in [3.05, 3.63) is 12.2 Å². The van der Waals surface area contributed by atoms with E-state index in [0.717, 1.165) is 42.9 Å². The molecule has 1 N–H and O–H groups in total. The number of carboxylic acids is 1. The molecule has 1 aliphatic rings. The second-order valence-electron chi connectivity index (χ2n) is 6.42. The average molecular weight is 361 g/mol. The van der Waals surface area contributed by atoms with Crippen molar-refractivity contribution >= 4 is 28.5 Å². The maximum Gasteiger partial charge on any atom is 0.303 e. The van der Waals surface area contributed by atoms with E-state index in [1.807, 2.05) is 11.8 Å². The van der Waals surface area contributed by atoms with Gasteiger partial charge in [0, 0.05) is 28.7 Å². The summed E-state index contributed by atoms with van der Waals surface area (Å²) in [7, 11) is -0.652. The Bertz CT molecular complexity index is 382. The monoisotopic (exact) mass is 360 g/mol. The number of thioether (sulfide) groups is 1. The molecular weight excluding hydrogens is 328 g/mol. The number of hydrogen-bond acceptors (Lipinski definition) is 3. The van der Waals surface area contributed by atoms with Crippen molar-refractivity contribution in [3.8, 4) is 0 Å². The van der Waals surface area contributed by atoms with Crippen LogP contribution in [0.2, 0.25) is 0 Å². The second kappa shape index (κ2) is 13.1. The van der Waals surface area contributed by atoms with Crippen LogP contribution in [0.5, 0.6) is 0 Å². The molecule has 0 bridgehead atoms. The molecular formula is C18H32O3S2. The van der Waals surface area contributed by atoms with Crippen molar-refractivity contribution in [2.45, 2.75) is 58.3 Å².